The smallest absolute Gasteiger partial charge is 0.405 e. The van der Waals surface area contributed by atoms with Crippen LogP contribution >= 0.6 is 11.3 Å². The van der Waals surface area contributed by atoms with Gasteiger partial charge < -0.3 is 25.7 Å². The van der Waals surface area contributed by atoms with Crippen molar-refractivity contribution in [3.63, 3.8) is 0 Å². The van der Waals surface area contributed by atoms with Crippen LogP contribution in [0.4, 0.5) is 4.79 Å². The van der Waals surface area contributed by atoms with Gasteiger partial charge in [-0.05, 0) is 35.6 Å². The molecular weight excluding hydrogens is 598 g/mol. The van der Waals surface area contributed by atoms with E-state index in [1.165, 1.54) is 16.2 Å². The summed E-state index contributed by atoms with van der Waals surface area (Å²) in [6.45, 7) is 6.67. The molecule has 12 nitrogen and oxygen atoms in total. The molecule has 0 spiro atoms. The number of aromatic nitrogens is 1. The fourth-order valence-electron chi connectivity index (χ4n) is 5.78. The standard InChI is InChI=1S/C32H35N5O7S/c1-17-25(45-16-33-17)19-11-9-18(10-12-19)23(15-37-28(40)21-7-5-6-8-22(21)29(37)41)34-27(39)24-13-20(38)14-36(24)30(42)26(32(2,3)4)35-31(43)44/h5-12,16,20,23-24,26,35,38H,13-15H2,1-4H3,(H,34,39)(H,43,44)/t20-,23-,24+,26-/m1/s1. The van der Waals surface area contributed by atoms with Gasteiger partial charge in [-0.3, -0.25) is 24.1 Å². The second kappa shape index (κ2) is 12.4. The average Bonchev–Trinajstić information content (AvgIpc) is 3.67. The molecule has 3 aromatic rings. The third-order valence-electron chi connectivity index (χ3n) is 8.13. The molecule has 2 aromatic carbocycles. The maximum atomic E-state index is 13.9. The van der Waals surface area contributed by atoms with Crippen molar-refractivity contribution in [2.45, 2.75) is 58.3 Å². The number of nitrogens with one attached hydrogen (secondary N) is 2. The highest BCUT2D eigenvalue weighted by molar-refractivity contribution is 7.13. The van der Waals surface area contributed by atoms with Crippen molar-refractivity contribution in [3.05, 3.63) is 76.4 Å². The quantitative estimate of drug-likeness (QED) is 0.274. The molecule has 2 aliphatic heterocycles. The molecule has 0 aliphatic carbocycles. The van der Waals surface area contributed by atoms with Crippen LogP contribution in [0.5, 0.6) is 0 Å². The summed E-state index contributed by atoms with van der Waals surface area (Å²) >= 11 is 1.49. The number of fused-ring (bicyclic) bond motifs is 1. The number of aryl methyl sites for hydroxylation is 1. The number of carboxylic acid groups (broad SMARTS) is 1. The number of thiazole rings is 1. The summed E-state index contributed by atoms with van der Waals surface area (Å²) < 4.78 is 0. The lowest BCUT2D eigenvalue weighted by atomic mass is 9.85. The van der Waals surface area contributed by atoms with E-state index in [0.717, 1.165) is 21.0 Å². The third-order valence-corrected chi connectivity index (χ3v) is 9.10. The maximum Gasteiger partial charge on any atom is 0.405 e. The van der Waals surface area contributed by atoms with Gasteiger partial charge >= 0.3 is 6.09 Å². The molecule has 13 heteroatoms. The fourth-order valence-corrected chi connectivity index (χ4v) is 6.59. The molecule has 0 unspecified atom stereocenters. The zero-order chi connectivity index (χ0) is 32.6. The second-order valence-corrected chi connectivity index (χ2v) is 13.2. The van der Waals surface area contributed by atoms with Crippen LogP contribution in [-0.2, 0) is 9.59 Å². The topological polar surface area (TPSA) is 169 Å². The molecule has 1 fully saturated rings. The van der Waals surface area contributed by atoms with Crippen LogP contribution in [0.25, 0.3) is 10.4 Å². The van der Waals surface area contributed by atoms with Crippen LogP contribution in [0.1, 0.15) is 65.2 Å². The Hall–Kier alpha value is -4.62. The van der Waals surface area contributed by atoms with E-state index in [2.05, 4.69) is 15.6 Å². The molecule has 4 atom stereocenters. The SMILES string of the molecule is Cc1ncsc1-c1ccc([C@@H](CN2C(=O)c3ccccc3C2=O)NC(=O)[C@@H]2C[C@@H](O)CN2C(=O)[C@@H](NC(=O)O)C(C)(C)C)cc1. The normalized spacial score (nSPS) is 19.3. The number of amides is 5. The van der Waals surface area contributed by atoms with Crippen molar-refractivity contribution in [2.75, 3.05) is 13.1 Å². The van der Waals surface area contributed by atoms with Gasteiger partial charge in [0.2, 0.25) is 11.8 Å². The third kappa shape index (κ3) is 6.45. The first-order valence-electron chi connectivity index (χ1n) is 14.5. The largest absolute Gasteiger partial charge is 0.465 e. The molecule has 45 heavy (non-hydrogen) atoms. The summed E-state index contributed by atoms with van der Waals surface area (Å²) in [5.41, 5.74) is 3.89. The molecule has 3 heterocycles. The summed E-state index contributed by atoms with van der Waals surface area (Å²) in [5.74, 6) is -2.20. The molecule has 4 N–H and O–H groups in total. The van der Waals surface area contributed by atoms with Crippen LogP contribution in [0.2, 0.25) is 0 Å². The zero-order valence-electron chi connectivity index (χ0n) is 25.3. The molecule has 1 aromatic heterocycles. The Kier molecular flexibility index (Phi) is 8.77. The monoisotopic (exact) mass is 633 g/mol. The Morgan fingerprint density at radius 1 is 1.02 bits per heavy atom. The van der Waals surface area contributed by atoms with E-state index in [0.29, 0.717) is 5.56 Å². The van der Waals surface area contributed by atoms with E-state index in [-0.39, 0.29) is 30.6 Å². The number of aliphatic hydroxyl groups is 1. The first-order valence-corrected chi connectivity index (χ1v) is 15.4. The molecule has 5 amide bonds. The predicted octanol–water partition coefficient (Wildman–Crippen LogP) is 3.22. The molecule has 2 aliphatic rings. The van der Waals surface area contributed by atoms with Gasteiger partial charge in [0.15, 0.2) is 0 Å². The van der Waals surface area contributed by atoms with Crippen LogP contribution in [-0.4, -0.2) is 86.0 Å². The number of hydrogen-bond acceptors (Lipinski definition) is 8. The highest BCUT2D eigenvalue weighted by atomic mass is 32.1. The van der Waals surface area contributed by atoms with Crippen molar-refractivity contribution in [2.24, 2.45) is 5.41 Å². The van der Waals surface area contributed by atoms with Gasteiger partial charge in [0.05, 0.1) is 45.9 Å². The average molecular weight is 634 g/mol. The number of aliphatic hydroxyl groups excluding tert-OH is 1. The Morgan fingerprint density at radius 3 is 2.18 bits per heavy atom. The van der Waals surface area contributed by atoms with E-state index < -0.39 is 59.4 Å². The van der Waals surface area contributed by atoms with E-state index in [9.17, 15) is 34.2 Å². The van der Waals surface area contributed by atoms with Crippen LogP contribution < -0.4 is 10.6 Å². The van der Waals surface area contributed by atoms with E-state index >= 15 is 0 Å². The van der Waals surface area contributed by atoms with E-state index in [1.807, 2.05) is 19.1 Å². The summed E-state index contributed by atoms with van der Waals surface area (Å²) in [4.78, 5) is 73.1. The van der Waals surface area contributed by atoms with Gasteiger partial charge in [-0.15, -0.1) is 11.3 Å². The maximum absolute atomic E-state index is 13.9. The number of carbonyl (C=O) groups excluding carboxylic acids is 4. The number of nitrogens with zero attached hydrogens (tertiary/aromatic N) is 3. The first kappa shape index (κ1) is 31.8. The van der Waals surface area contributed by atoms with Crippen molar-refractivity contribution >= 4 is 41.1 Å². The van der Waals surface area contributed by atoms with Crippen molar-refractivity contribution < 1.29 is 34.2 Å². The van der Waals surface area contributed by atoms with Gasteiger partial charge in [0.1, 0.15) is 12.1 Å². The first-order chi connectivity index (χ1) is 21.3. The summed E-state index contributed by atoms with van der Waals surface area (Å²) in [6.07, 6.45) is -2.46. The Labute approximate surface area is 264 Å². The van der Waals surface area contributed by atoms with E-state index in [4.69, 9.17) is 0 Å². The second-order valence-electron chi connectivity index (χ2n) is 12.4. The molecule has 236 valence electrons. The van der Waals surface area contributed by atoms with Crippen molar-refractivity contribution in [1.29, 1.82) is 0 Å². The minimum atomic E-state index is -1.39. The lowest BCUT2D eigenvalue weighted by molar-refractivity contribution is -0.142. The lowest BCUT2D eigenvalue weighted by Gasteiger charge is -2.35. The fraction of sp³-hybridized carbons (Fsp3) is 0.375. The molecular formula is C32H35N5O7S. The molecule has 0 saturated carbocycles. The number of carbonyl (C=O) groups is 5. The lowest BCUT2D eigenvalue weighted by Crippen LogP contribution is -2.58. The number of benzene rings is 2. The van der Waals surface area contributed by atoms with Gasteiger partial charge in [0.25, 0.3) is 11.8 Å². The number of imide groups is 1. The number of rotatable bonds is 8. The van der Waals surface area contributed by atoms with Crippen LogP contribution in [0.3, 0.4) is 0 Å². The predicted molar refractivity (Wildman–Crippen MR) is 166 cm³/mol. The summed E-state index contributed by atoms with van der Waals surface area (Å²) in [6, 6.07) is 10.7. The van der Waals surface area contributed by atoms with E-state index in [1.54, 1.807) is 62.7 Å². The Bertz CT molecular complexity index is 1610. The summed E-state index contributed by atoms with van der Waals surface area (Å²) in [7, 11) is 0. The molecule has 0 radical (unpaired) electrons. The minimum Gasteiger partial charge on any atom is -0.465 e. The highest BCUT2D eigenvalue weighted by Gasteiger charge is 2.45. The Morgan fingerprint density at radius 2 is 1.64 bits per heavy atom. The van der Waals surface area contributed by atoms with Crippen LogP contribution in [0.15, 0.2) is 54.0 Å². The summed E-state index contributed by atoms with van der Waals surface area (Å²) in [5, 5.41) is 25.1. The number of hydrogen-bond donors (Lipinski definition) is 4. The van der Waals surface area contributed by atoms with Crippen molar-refractivity contribution in [3.8, 4) is 10.4 Å². The zero-order valence-corrected chi connectivity index (χ0v) is 26.1. The highest BCUT2D eigenvalue weighted by Crippen LogP contribution is 2.31. The Balaban J connectivity index is 1.44. The molecule has 0 bridgehead atoms. The van der Waals surface area contributed by atoms with Crippen LogP contribution in [0, 0.1) is 12.3 Å². The number of β-amino-alcohol motifs (C(OH)–C–C–N with tert-alkyl or cyclic N) is 1. The van der Waals surface area contributed by atoms with Crippen molar-refractivity contribution in [1.82, 2.24) is 25.4 Å². The molecule has 1 saturated heterocycles. The minimum absolute atomic E-state index is 0.0646. The van der Waals surface area contributed by atoms with Gasteiger partial charge in [-0.1, -0.05) is 57.2 Å². The van der Waals surface area contributed by atoms with Gasteiger partial charge in [-0.2, -0.15) is 0 Å². The van der Waals surface area contributed by atoms with Gasteiger partial charge in [-0.25, -0.2) is 9.78 Å². The molecule has 5 rings (SSSR count). The number of likely N-dealkylation sites (tertiary alicyclic amines) is 1. The van der Waals surface area contributed by atoms with Gasteiger partial charge in [0, 0.05) is 13.0 Å².